The van der Waals surface area contributed by atoms with Crippen molar-refractivity contribution >= 4 is 29.6 Å². The highest BCUT2D eigenvalue weighted by Gasteiger charge is 2.30. The van der Waals surface area contributed by atoms with Crippen LogP contribution in [0.1, 0.15) is 16.7 Å². The molecule has 0 unspecified atom stereocenters. The lowest BCUT2D eigenvalue weighted by Crippen LogP contribution is -2.38. The van der Waals surface area contributed by atoms with Crippen molar-refractivity contribution in [2.24, 2.45) is 5.10 Å². The highest BCUT2D eigenvalue weighted by atomic mass is 19.4. The molecular formula is C26H23F3N4O4. The van der Waals surface area contributed by atoms with Crippen LogP contribution < -0.4 is 20.8 Å². The standard InChI is InChI=1S/C26H23F3N4O4/c27-26(28,29)20-9-5-10-21(15-20)32-23(34)17-37-22-11-4-8-19(14-22)16-31-33-25(36)24(35)30-13-12-18-6-2-1-3-7-18/h1-11,14-16H,12-13,17H2,(H,30,35)(H,32,34)(H,33,36). The van der Waals surface area contributed by atoms with Crippen LogP contribution in [-0.4, -0.2) is 37.1 Å². The van der Waals surface area contributed by atoms with Crippen LogP contribution in [-0.2, 0) is 27.0 Å². The second-order valence-electron chi connectivity index (χ2n) is 7.68. The van der Waals surface area contributed by atoms with Crippen molar-refractivity contribution in [1.82, 2.24) is 10.7 Å². The van der Waals surface area contributed by atoms with Crippen molar-refractivity contribution in [3.63, 3.8) is 0 Å². The maximum atomic E-state index is 12.8. The van der Waals surface area contributed by atoms with Gasteiger partial charge in [0.25, 0.3) is 5.91 Å². The third kappa shape index (κ3) is 9.13. The average Bonchev–Trinajstić information content (AvgIpc) is 2.88. The quantitative estimate of drug-likeness (QED) is 0.232. The number of carbonyl (C=O) groups excluding carboxylic acids is 3. The molecule has 0 spiro atoms. The minimum absolute atomic E-state index is 0.0100. The summed E-state index contributed by atoms with van der Waals surface area (Å²) in [5.74, 6) is -2.11. The molecule has 0 fully saturated rings. The van der Waals surface area contributed by atoms with Crippen molar-refractivity contribution in [3.05, 3.63) is 95.6 Å². The molecule has 192 valence electrons. The number of halogens is 3. The van der Waals surface area contributed by atoms with Crippen LogP contribution in [0.25, 0.3) is 0 Å². The zero-order chi connectivity index (χ0) is 26.7. The molecule has 3 aromatic carbocycles. The Bertz CT molecular complexity index is 1260. The monoisotopic (exact) mass is 512 g/mol. The van der Waals surface area contributed by atoms with E-state index in [0.717, 1.165) is 17.7 Å². The summed E-state index contributed by atoms with van der Waals surface area (Å²) in [7, 11) is 0. The first-order valence-electron chi connectivity index (χ1n) is 11.1. The van der Waals surface area contributed by atoms with Crippen LogP contribution in [0.3, 0.4) is 0 Å². The molecule has 0 atom stereocenters. The minimum atomic E-state index is -4.52. The summed E-state index contributed by atoms with van der Waals surface area (Å²) in [5, 5.41) is 8.59. The molecule has 0 heterocycles. The van der Waals surface area contributed by atoms with Gasteiger partial charge >= 0.3 is 18.0 Å². The lowest BCUT2D eigenvalue weighted by molar-refractivity contribution is -0.139. The van der Waals surface area contributed by atoms with Crippen molar-refractivity contribution in [1.29, 1.82) is 0 Å². The van der Waals surface area contributed by atoms with E-state index in [1.807, 2.05) is 30.3 Å². The molecule has 0 aromatic heterocycles. The number of benzene rings is 3. The number of rotatable bonds is 9. The summed E-state index contributed by atoms with van der Waals surface area (Å²) in [5.41, 5.74) is 2.76. The molecule has 0 aliphatic rings. The third-order valence-electron chi connectivity index (χ3n) is 4.83. The van der Waals surface area contributed by atoms with Crippen molar-refractivity contribution in [3.8, 4) is 5.75 Å². The predicted octanol–water partition coefficient (Wildman–Crippen LogP) is 3.53. The topological polar surface area (TPSA) is 109 Å². The molecule has 0 saturated heterocycles. The van der Waals surface area contributed by atoms with E-state index < -0.39 is 36.1 Å². The number of ether oxygens (including phenoxy) is 1. The summed E-state index contributed by atoms with van der Waals surface area (Å²) < 4.78 is 43.8. The van der Waals surface area contributed by atoms with E-state index in [1.54, 1.807) is 18.2 Å². The van der Waals surface area contributed by atoms with Gasteiger partial charge in [0.1, 0.15) is 5.75 Å². The zero-order valence-corrected chi connectivity index (χ0v) is 19.4. The fraction of sp³-hybridized carbons (Fsp3) is 0.154. The summed E-state index contributed by atoms with van der Waals surface area (Å²) >= 11 is 0. The Morgan fingerprint density at radius 1 is 0.892 bits per heavy atom. The smallest absolute Gasteiger partial charge is 0.416 e. The number of carbonyl (C=O) groups is 3. The lowest BCUT2D eigenvalue weighted by Gasteiger charge is -2.10. The Morgan fingerprint density at radius 3 is 2.41 bits per heavy atom. The molecule has 3 rings (SSSR count). The molecule has 3 aromatic rings. The summed E-state index contributed by atoms with van der Waals surface area (Å²) in [6.07, 6.45) is -2.66. The first-order chi connectivity index (χ1) is 17.7. The Balaban J connectivity index is 1.43. The maximum Gasteiger partial charge on any atom is 0.416 e. The van der Waals surface area contributed by atoms with Crippen molar-refractivity contribution in [2.45, 2.75) is 12.6 Å². The Hall–Kier alpha value is -4.67. The van der Waals surface area contributed by atoms with Gasteiger partial charge in [-0.1, -0.05) is 48.5 Å². The largest absolute Gasteiger partial charge is 0.484 e. The number of nitrogens with one attached hydrogen (secondary N) is 3. The first-order valence-corrected chi connectivity index (χ1v) is 11.1. The van der Waals surface area contributed by atoms with Gasteiger partial charge in [-0.2, -0.15) is 18.3 Å². The second kappa shape index (κ2) is 12.9. The van der Waals surface area contributed by atoms with Crippen molar-refractivity contribution < 1.29 is 32.3 Å². The summed E-state index contributed by atoms with van der Waals surface area (Å²) in [4.78, 5) is 35.8. The minimum Gasteiger partial charge on any atom is -0.484 e. The van der Waals surface area contributed by atoms with E-state index in [0.29, 0.717) is 18.5 Å². The van der Waals surface area contributed by atoms with Crippen LogP contribution in [0.5, 0.6) is 5.75 Å². The fourth-order valence-corrected chi connectivity index (χ4v) is 3.07. The van der Waals surface area contributed by atoms with Gasteiger partial charge < -0.3 is 15.4 Å². The van der Waals surface area contributed by atoms with Gasteiger partial charge in [-0.25, -0.2) is 5.43 Å². The van der Waals surface area contributed by atoms with Crippen LogP contribution in [0, 0.1) is 0 Å². The fourth-order valence-electron chi connectivity index (χ4n) is 3.07. The predicted molar refractivity (Wildman–Crippen MR) is 131 cm³/mol. The van der Waals surface area contributed by atoms with Gasteiger partial charge in [0.05, 0.1) is 11.8 Å². The molecule has 3 N–H and O–H groups in total. The molecule has 0 saturated carbocycles. The van der Waals surface area contributed by atoms with Crippen LogP contribution in [0.15, 0.2) is 84.0 Å². The molecule has 0 aliphatic heterocycles. The Labute approximate surface area is 210 Å². The Morgan fingerprint density at radius 2 is 1.65 bits per heavy atom. The van der Waals surface area contributed by atoms with Crippen LogP contribution >= 0.6 is 0 Å². The highest BCUT2D eigenvalue weighted by Crippen LogP contribution is 2.30. The number of hydrazone groups is 1. The average molecular weight is 512 g/mol. The summed E-state index contributed by atoms with van der Waals surface area (Å²) in [6.45, 7) is -0.155. The molecule has 3 amide bonds. The number of hydrogen-bond acceptors (Lipinski definition) is 5. The lowest BCUT2D eigenvalue weighted by atomic mass is 10.1. The number of hydrogen-bond donors (Lipinski definition) is 3. The molecular weight excluding hydrogens is 489 g/mol. The normalized spacial score (nSPS) is 11.1. The van der Waals surface area contributed by atoms with Gasteiger partial charge in [-0.05, 0) is 47.9 Å². The van der Waals surface area contributed by atoms with Crippen molar-refractivity contribution in [2.75, 3.05) is 18.5 Å². The van der Waals surface area contributed by atoms with E-state index in [-0.39, 0.29) is 11.4 Å². The molecule has 37 heavy (non-hydrogen) atoms. The van der Waals surface area contributed by atoms with Gasteiger partial charge in [-0.15, -0.1) is 0 Å². The third-order valence-corrected chi connectivity index (χ3v) is 4.83. The number of anilines is 1. The van der Waals surface area contributed by atoms with E-state index in [2.05, 4.69) is 21.2 Å². The SMILES string of the molecule is O=C(COc1cccc(C=NNC(=O)C(=O)NCCc2ccccc2)c1)Nc1cccc(C(F)(F)F)c1. The maximum absolute atomic E-state index is 12.8. The van der Waals surface area contributed by atoms with Gasteiger partial charge in [0, 0.05) is 12.2 Å². The first kappa shape index (κ1) is 26.9. The molecule has 11 heteroatoms. The van der Waals surface area contributed by atoms with Gasteiger partial charge in [-0.3, -0.25) is 14.4 Å². The van der Waals surface area contributed by atoms with Crippen LogP contribution in [0.4, 0.5) is 18.9 Å². The van der Waals surface area contributed by atoms with E-state index in [9.17, 15) is 27.6 Å². The molecule has 8 nitrogen and oxygen atoms in total. The van der Waals surface area contributed by atoms with Gasteiger partial charge in [0.15, 0.2) is 6.61 Å². The number of alkyl halides is 3. The number of nitrogens with zero attached hydrogens (tertiary/aromatic N) is 1. The molecule has 0 aliphatic carbocycles. The Kier molecular flexibility index (Phi) is 9.36. The van der Waals surface area contributed by atoms with E-state index in [4.69, 9.17) is 4.74 Å². The van der Waals surface area contributed by atoms with E-state index >= 15 is 0 Å². The number of amides is 3. The zero-order valence-electron chi connectivity index (χ0n) is 19.4. The molecule has 0 radical (unpaired) electrons. The highest BCUT2D eigenvalue weighted by molar-refractivity contribution is 6.35. The summed E-state index contributed by atoms with van der Waals surface area (Å²) in [6, 6.07) is 20.1. The van der Waals surface area contributed by atoms with Crippen LogP contribution in [0.2, 0.25) is 0 Å². The molecule has 0 bridgehead atoms. The van der Waals surface area contributed by atoms with Gasteiger partial charge in [0.2, 0.25) is 0 Å². The van der Waals surface area contributed by atoms with E-state index in [1.165, 1.54) is 24.4 Å². The second-order valence-corrected chi connectivity index (χ2v) is 7.68.